The second-order valence-corrected chi connectivity index (χ2v) is 13.3. The van der Waals surface area contributed by atoms with Crippen LogP contribution >= 0.6 is 0 Å². The van der Waals surface area contributed by atoms with Crippen molar-refractivity contribution in [3.63, 3.8) is 0 Å². The molecule has 0 aromatic carbocycles. The Bertz CT molecular complexity index is 687. The first-order chi connectivity index (χ1) is 14.5. The van der Waals surface area contributed by atoms with Gasteiger partial charge in [-0.3, -0.25) is 4.79 Å². The molecule has 2 fully saturated rings. The lowest BCUT2D eigenvalue weighted by molar-refractivity contribution is -0.132. The standard InChI is InChI=1S/C26H49NO3S/c1-7-8-9-10-11-12-13-14-15-16-17-18-21(2)24(28)27-23-19-22(3)25(4,5)26(23,6)20-31(27,29)30/h21-23H,7-20H2,1-6H3/t21-,22-,23-,26-/m1/s1. The molecule has 2 aliphatic rings. The molecular formula is C26H49NO3S. The summed E-state index contributed by atoms with van der Waals surface area (Å²) >= 11 is 0. The number of unbranched alkanes of at least 4 members (excludes halogenated alkanes) is 10. The van der Waals surface area contributed by atoms with Gasteiger partial charge in [-0.1, -0.05) is 112 Å². The molecule has 0 bridgehead atoms. The molecule has 0 unspecified atom stereocenters. The van der Waals surface area contributed by atoms with Crippen LogP contribution in [0, 0.1) is 22.7 Å². The molecule has 1 amide bonds. The zero-order chi connectivity index (χ0) is 23.3. The molecule has 1 heterocycles. The molecule has 0 N–H and O–H groups in total. The van der Waals surface area contributed by atoms with E-state index >= 15 is 0 Å². The molecule has 4 nitrogen and oxygen atoms in total. The van der Waals surface area contributed by atoms with Crippen molar-refractivity contribution < 1.29 is 13.2 Å². The molecule has 0 aromatic heterocycles. The highest BCUT2D eigenvalue weighted by molar-refractivity contribution is 7.90. The van der Waals surface area contributed by atoms with Gasteiger partial charge in [0.1, 0.15) is 0 Å². The highest BCUT2D eigenvalue weighted by Crippen LogP contribution is 2.61. The Labute approximate surface area is 193 Å². The molecule has 0 spiro atoms. The van der Waals surface area contributed by atoms with E-state index < -0.39 is 10.0 Å². The number of hydrogen-bond donors (Lipinski definition) is 0. The van der Waals surface area contributed by atoms with Crippen LogP contribution in [0.5, 0.6) is 0 Å². The summed E-state index contributed by atoms with van der Waals surface area (Å²) in [6, 6.07) is -0.172. The number of carbonyl (C=O) groups excluding carboxylic acids is 1. The fraction of sp³-hybridized carbons (Fsp3) is 0.962. The molecule has 2 rings (SSSR count). The summed E-state index contributed by atoms with van der Waals surface area (Å²) in [5.74, 6) is 0.148. The molecule has 5 heteroatoms. The van der Waals surface area contributed by atoms with Crippen LogP contribution in [0.15, 0.2) is 0 Å². The lowest BCUT2D eigenvalue weighted by atomic mass is 9.66. The molecule has 0 radical (unpaired) electrons. The average molecular weight is 456 g/mol. The maximum atomic E-state index is 13.2. The Balaban J connectivity index is 1.74. The topological polar surface area (TPSA) is 54.5 Å². The fourth-order valence-corrected chi connectivity index (χ4v) is 8.53. The van der Waals surface area contributed by atoms with Crippen LogP contribution in [0.4, 0.5) is 0 Å². The Morgan fingerprint density at radius 2 is 1.42 bits per heavy atom. The summed E-state index contributed by atoms with van der Waals surface area (Å²) in [4.78, 5) is 13.2. The van der Waals surface area contributed by atoms with Gasteiger partial charge in [-0.2, -0.15) is 0 Å². The van der Waals surface area contributed by atoms with E-state index in [2.05, 4.69) is 34.6 Å². The summed E-state index contributed by atoms with van der Waals surface area (Å²) < 4.78 is 27.3. The predicted molar refractivity (Wildman–Crippen MR) is 130 cm³/mol. The first-order valence-corrected chi connectivity index (χ1v) is 14.7. The number of sulfonamides is 1. The zero-order valence-electron chi connectivity index (χ0n) is 21.2. The van der Waals surface area contributed by atoms with Crippen molar-refractivity contribution in [3.05, 3.63) is 0 Å². The van der Waals surface area contributed by atoms with E-state index in [1.807, 2.05) is 6.92 Å². The quantitative estimate of drug-likeness (QED) is 0.283. The molecule has 1 saturated carbocycles. The summed E-state index contributed by atoms with van der Waals surface area (Å²) in [6.45, 7) is 12.8. The summed E-state index contributed by atoms with van der Waals surface area (Å²) in [5, 5.41) is 0. The second kappa shape index (κ2) is 11.0. The van der Waals surface area contributed by atoms with Crippen molar-refractivity contribution in [2.75, 3.05) is 5.75 Å². The van der Waals surface area contributed by atoms with E-state index in [0.717, 1.165) is 25.7 Å². The number of rotatable bonds is 13. The van der Waals surface area contributed by atoms with Gasteiger partial charge in [-0.15, -0.1) is 0 Å². The zero-order valence-corrected chi connectivity index (χ0v) is 22.0. The van der Waals surface area contributed by atoms with E-state index in [4.69, 9.17) is 0 Å². The number of fused-ring (bicyclic) bond motifs is 1. The monoisotopic (exact) mass is 455 g/mol. The predicted octanol–water partition coefficient (Wildman–Crippen LogP) is 6.94. The van der Waals surface area contributed by atoms with Crippen LogP contribution in [0.25, 0.3) is 0 Å². The van der Waals surface area contributed by atoms with Gasteiger partial charge in [-0.25, -0.2) is 12.7 Å². The third-order valence-corrected chi connectivity index (χ3v) is 11.0. The van der Waals surface area contributed by atoms with Crippen LogP contribution in [0.2, 0.25) is 0 Å². The van der Waals surface area contributed by atoms with E-state index in [9.17, 15) is 13.2 Å². The van der Waals surface area contributed by atoms with Gasteiger partial charge in [0.2, 0.25) is 15.9 Å². The Hall–Kier alpha value is -0.580. The molecule has 1 aliphatic carbocycles. The van der Waals surface area contributed by atoms with Crippen LogP contribution in [-0.2, 0) is 14.8 Å². The highest BCUT2D eigenvalue weighted by atomic mass is 32.2. The van der Waals surface area contributed by atoms with Crippen molar-refractivity contribution in [3.8, 4) is 0 Å². The largest absolute Gasteiger partial charge is 0.273 e. The molecular weight excluding hydrogens is 406 g/mol. The summed E-state index contributed by atoms with van der Waals surface area (Å²) in [6.07, 6.45) is 15.7. The van der Waals surface area contributed by atoms with E-state index in [0.29, 0.717) is 5.92 Å². The van der Waals surface area contributed by atoms with Crippen molar-refractivity contribution in [1.29, 1.82) is 0 Å². The summed E-state index contributed by atoms with van der Waals surface area (Å²) in [7, 11) is -3.51. The van der Waals surface area contributed by atoms with Crippen molar-refractivity contribution in [1.82, 2.24) is 4.31 Å². The number of amides is 1. The van der Waals surface area contributed by atoms with Gasteiger partial charge in [0.15, 0.2) is 0 Å². The Kier molecular flexibility index (Phi) is 9.49. The van der Waals surface area contributed by atoms with Gasteiger partial charge >= 0.3 is 0 Å². The number of hydrogen-bond acceptors (Lipinski definition) is 3. The van der Waals surface area contributed by atoms with Crippen molar-refractivity contribution in [2.24, 2.45) is 22.7 Å². The third kappa shape index (κ3) is 5.86. The fourth-order valence-electron chi connectivity index (χ4n) is 5.91. The van der Waals surface area contributed by atoms with Crippen LogP contribution in [0.3, 0.4) is 0 Å². The van der Waals surface area contributed by atoms with Gasteiger partial charge < -0.3 is 0 Å². The van der Waals surface area contributed by atoms with Crippen LogP contribution in [-0.4, -0.2) is 30.4 Å². The Morgan fingerprint density at radius 3 is 1.94 bits per heavy atom. The highest BCUT2D eigenvalue weighted by Gasteiger charge is 2.66. The maximum absolute atomic E-state index is 13.2. The van der Waals surface area contributed by atoms with Gasteiger partial charge in [0.25, 0.3) is 0 Å². The second-order valence-electron chi connectivity index (χ2n) is 11.4. The molecule has 1 saturated heterocycles. The normalized spacial score (nSPS) is 29.8. The number of nitrogens with zero attached hydrogens (tertiary/aromatic N) is 1. The van der Waals surface area contributed by atoms with E-state index in [1.54, 1.807) is 0 Å². The number of carbonyl (C=O) groups is 1. The van der Waals surface area contributed by atoms with Crippen LogP contribution in [0.1, 0.15) is 125 Å². The van der Waals surface area contributed by atoms with Gasteiger partial charge in [-0.05, 0) is 24.2 Å². The van der Waals surface area contributed by atoms with E-state index in [1.165, 1.54) is 62.1 Å². The minimum absolute atomic E-state index is 0.0843. The van der Waals surface area contributed by atoms with Gasteiger partial charge in [0.05, 0.1) is 11.8 Å². The molecule has 0 aromatic rings. The molecule has 31 heavy (non-hydrogen) atoms. The van der Waals surface area contributed by atoms with E-state index in [-0.39, 0.29) is 34.4 Å². The smallest absolute Gasteiger partial charge is 0.239 e. The van der Waals surface area contributed by atoms with Crippen LogP contribution < -0.4 is 0 Å². The van der Waals surface area contributed by atoms with Gasteiger partial charge in [0, 0.05) is 11.3 Å². The SMILES string of the molecule is CCCCCCCCCCCCC[C@@H](C)C(=O)N1[C@@H]2C[C@@H](C)C(C)(C)[C@]2(C)CS1(=O)=O. The van der Waals surface area contributed by atoms with Crippen molar-refractivity contribution in [2.45, 2.75) is 131 Å². The first kappa shape index (κ1) is 26.7. The molecule has 182 valence electrons. The summed E-state index contributed by atoms with van der Waals surface area (Å²) in [5.41, 5.74) is -0.434. The maximum Gasteiger partial charge on any atom is 0.239 e. The lowest BCUT2D eigenvalue weighted by Gasteiger charge is -2.39. The minimum atomic E-state index is -3.51. The minimum Gasteiger partial charge on any atom is -0.273 e. The molecule has 1 aliphatic heterocycles. The molecule has 4 atom stereocenters. The lowest BCUT2D eigenvalue weighted by Crippen LogP contribution is -2.45. The third-order valence-electron chi connectivity index (χ3n) is 8.96. The Morgan fingerprint density at radius 1 is 0.935 bits per heavy atom. The first-order valence-electron chi connectivity index (χ1n) is 13.0. The van der Waals surface area contributed by atoms with Crippen molar-refractivity contribution >= 4 is 15.9 Å². The average Bonchev–Trinajstić information content (AvgIpc) is 3.00.